The van der Waals surface area contributed by atoms with Crippen LogP contribution < -0.4 is 0 Å². The number of rotatable bonds is 25. The predicted octanol–water partition coefficient (Wildman–Crippen LogP) is 8.94. The fraction of sp³-hybridized carbons (Fsp3) is 0.806. The van der Waals surface area contributed by atoms with Crippen molar-refractivity contribution in [1.82, 2.24) is 0 Å². The zero-order chi connectivity index (χ0) is 36.9. The molecule has 1 unspecified atom stereocenters. The third-order valence-electron chi connectivity index (χ3n) is 7.34. The van der Waals surface area contributed by atoms with Gasteiger partial charge in [0, 0.05) is 11.1 Å². The van der Waals surface area contributed by atoms with Gasteiger partial charge in [-0.3, -0.25) is 0 Å². The summed E-state index contributed by atoms with van der Waals surface area (Å²) in [4.78, 5) is 23.2. The summed E-state index contributed by atoms with van der Waals surface area (Å²) >= 11 is 0. The quantitative estimate of drug-likeness (QED) is 0.0389. The fourth-order valence-electron chi connectivity index (χ4n) is 5.64. The number of hydrogen-bond acceptors (Lipinski definition) is 9. The number of hydrogen-bond donors (Lipinski definition) is 0. The fourth-order valence-corrected chi connectivity index (χ4v) is 39.2. The summed E-state index contributed by atoms with van der Waals surface area (Å²) in [5.41, 5.74) is 0.870. The Morgan fingerprint density at radius 2 is 0.809 bits per heavy atom. The molecular weight excluding hydrogens is 713 g/mol. The Hall–Kier alpha value is -0.262. The van der Waals surface area contributed by atoms with E-state index in [1.165, 1.54) is 0 Å². The van der Waals surface area contributed by atoms with Gasteiger partial charge in [-0.05, 0) is 136 Å². The summed E-state index contributed by atoms with van der Waals surface area (Å²) in [6.45, 7) is 40.4. The van der Waals surface area contributed by atoms with E-state index in [1.807, 2.05) is 0 Å². The van der Waals surface area contributed by atoms with Gasteiger partial charge in [0.15, 0.2) is 33.3 Å². The maximum Gasteiger partial charge on any atom is 0.333 e. The van der Waals surface area contributed by atoms with E-state index < -0.39 is 59.7 Å². The monoisotopic (exact) mass is 782 g/mol. The molecule has 0 aromatic heterocycles. The topological polar surface area (TPSA) is 98.8 Å². The van der Waals surface area contributed by atoms with Gasteiger partial charge < -0.3 is 30.0 Å². The van der Waals surface area contributed by atoms with E-state index in [9.17, 15) is 9.59 Å². The number of esters is 2. The molecular formula is C31H70O9Si7. The van der Waals surface area contributed by atoms with Crippen LogP contribution in [0.15, 0.2) is 24.3 Å². The average molecular weight is 783 g/mol. The highest BCUT2D eigenvalue weighted by Gasteiger charge is 2.41. The second kappa shape index (κ2) is 20.0. The van der Waals surface area contributed by atoms with Gasteiger partial charge in [0.2, 0.25) is 0 Å². The first-order valence-corrected chi connectivity index (χ1v) is 37.4. The van der Waals surface area contributed by atoms with Gasteiger partial charge in [-0.1, -0.05) is 26.0 Å². The summed E-state index contributed by atoms with van der Waals surface area (Å²) in [6.07, 6.45) is 3.61. The van der Waals surface area contributed by atoms with Crippen molar-refractivity contribution < 1.29 is 39.6 Å². The molecule has 0 rings (SSSR count). The molecule has 1 atom stereocenters. The Labute approximate surface area is 296 Å². The van der Waals surface area contributed by atoms with Crippen LogP contribution in [0.25, 0.3) is 0 Å². The average Bonchev–Trinajstić information content (AvgIpc) is 2.83. The summed E-state index contributed by atoms with van der Waals surface area (Å²) in [5, 5.41) is 0. The summed E-state index contributed by atoms with van der Waals surface area (Å²) < 4.78 is 44.1. The molecule has 0 aliphatic rings. The maximum atomic E-state index is 11.6. The summed E-state index contributed by atoms with van der Waals surface area (Å²) in [5.74, 6) is -0.641. The highest BCUT2D eigenvalue weighted by Crippen LogP contribution is 2.30. The van der Waals surface area contributed by atoms with E-state index in [4.69, 9.17) is 30.0 Å². The van der Waals surface area contributed by atoms with Crippen molar-refractivity contribution in [2.24, 2.45) is 0 Å². The van der Waals surface area contributed by atoms with Gasteiger partial charge in [0.25, 0.3) is 0 Å². The zero-order valence-corrected chi connectivity index (χ0v) is 39.9. The van der Waals surface area contributed by atoms with Crippen molar-refractivity contribution in [3.63, 3.8) is 0 Å². The van der Waals surface area contributed by atoms with Gasteiger partial charge in [-0.25, -0.2) is 9.59 Å². The van der Waals surface area contributed by atoms with Gasteiger partial charge in [-0.15, -0.1) is 0 Å². The molecule has 0 heterocycles. The van der Waals surface area contributed by atoms with Crippen molar-refractivity contribution >= 4 is 71.6 Å². The molecule has 0 aliphatic carbocycles. The molecule has 0 spiro atoms. The molecule has 0 radical (unpaired) electrons. The molecule has 47 heavy (non-hydrogen) atoms. The number of ether oxygens (including phenoxy) is 2. The van der Waals surface area contributed by atoms with Gasteiger partial charge >= 0.3 is 38.3 Å². The second-order valence-corrected chi connectivity index (χ2v) is 43.3. The van der Waals surface area contributed by atoms with E-state index in [0.717, 1.165) is 49.9 Å². The van der Waals surface area contributed by atoms with Crippen LogP contribution in [0.1, 0.15) is 39.5 Å². The summed E-state index contributed by atoms with van der Waals surface area (Å²) in [6, 6.07) is 4.14. The molecule has 0 aromatic rings. The highest BCUT2D eigenvalue weighted by molar-refractivity contribution is 6.88. The van der Waals surface area contributed by atoms with Gasteiger partial charge in [0.1, 0.15) is 0 Å². The number of carbonyl (C=O) groups excluding carboxylic acids is 2. The van der Waals surface area contributed by atoms with Crippen molar-refractivity contribution in [2.45, 2.75) is 149 Å². The predicted molar refractivity (Wildman–Crippen MR) is 213 cm³/mol. The molecule has 0 saturated carbocycles. The smallest absolute Gasteiger partial charge is 0.333 e. The van der Waals surface area contributed by atoms with Crippen LogP contribution >= 0.6 is 0 Å². The minimum Gasteiger partial charge on any atom is -0.462 e. The largest absolute Gasteiger partial charge is 0.462 e. The number of unbranched alkanes of at least 4 members (excludes halogenated alkanes) is 2. The zero-order valence-electron chi connectivity index (χ0n) is 32.7. The van der Waals surface area contributed by atoms with Crippen molar-refractivity contribution in [3.8, 4) is 0 Å². The van der Waals surface area contributed by atoms with Gasteiger partial charge in [-0.2, -0.15) is 0 Å². The van der Waals surface area contributed by atoms with E-state index in [1.54, 1.807) is 13.8 Å². The van der Waals surface area contributed by atoms with Crippen molar-refractivity contribution in [2.75, 3.05) is 13.2 Å². The molecule has 0 N–H and O–H groups in total. The van der Waals surface area contributed by atoms with Crippen LogP contribution in [0.4, 0.5) is 0 Å². The minimum absolute atomic E-state index is 0.313. The maximum absolute atomic E-state index is 11.6. The molecule has 0 amide bonds. The van der Waals surface area contributed by atoms with E-state index in [2.05, 4.69) is 98.3 Å². The van der Waals surface area contributed by atoms with E-state index in [-0.39, 0.29) is 11.9 Å². The SMILES string of the molecule is C=C(C)C(=O)OCCCC[Si](C)(C)O[Si](C)(C)CC[Si](C)(C)O[Si](C)(C)O[SiH](C)O[Si](C)(C)O[Si](C)(C)CCCCOC(=O)C(=C)C. The molecule has 0 fully saturated rings. The molecule has 0 aromatic carbocycles. The first-order chi connectivity index (χ1) is 21.1. The Kier molecular flexibility index (Phi) is 19.8. The first kappa shape index (κ1) is 46.7. The lowest BCUT2D eigenvalue weighted by atomic mass is 10.3. The summed E-state index contributed by atoms with van der Waals surface area (Å²) in [7, 11) is -14.5. The van der Waals surface area contributed by atoms with Crippen molar-refractivity contribution in [1.29, 1.82) is 0 Å². The molecule has 0 saturated heterocycles. The van der Waals surface area contributed by atoms with Crippen LogP contribution in [0, 0.1) is 0 Å². The van der Waals surface area contributed by atoms with Crippen LogP contribution in [-0.4, -0.2) is 84.8 Å². The molecule has 0 aliphatic heterocycles. The lowest BCUT2D eigenvalue weighted by Gasteiger charge is -2.40. The Bertz CT molecular complexity index is 1030. The molecule has 16 heteroatoms. The minimum atomic E-state index is -2.42. The van der Waals surface area contributed by atoms with E-state index >= 15 is 0 Å². The van der Waals surface area contributed by atoms with Crippen LogP contribution in [-0.2, 0) is 39.6 Å². The molecule has 276 valence electrons. The second-order valence-electron chi connectivity index (χ2n) is 16.2. The number of carbonyl (C=O) groups is 2. The Morgan fingerprint density at radius 1 is 0.511 bits per heavy atom. The third kappa shape index (κ3) is 23.7. The molecule has 0 bridgehead atoms. The lowest BCUT2D eigenvalue weighted by Crippen LogP contribution is -2.54. The van der Waals surface area contributed by atoms with Crippen LogP contribution in [0.3, 0.4) is 0 Å². The van der Waals surface area contributed by atoms with E-state index in [0.29, 0.717) is 24.4 Å². The van der Waals surface area contributed by atoms with Crippen molar-refractivity contribution in [3.05, 3.63) is 24.3 Å². The normalized spacial score (nSPS) is 14.1. The third-order valence-corrected chi connectivity index (χ3v) is 33.8. The Morgan fingerprint density at radius 3 is 1.15 bits per heavy atom. The first-order valence-electron chi connectivity index (χ1n) is 17.2. The van der Waals surface area contributed by atoms with Crippen LogP contribution in [0.5, 0.6) is 0 Å². The molecule has 9 nitrogen and oxygen atoms in total. The standard InChI is InChI=1S/C31H70O9Si7/c1-28(2)30(32)34-22-18-20-24-42(6,7)38-44(10,11)26-27-45(12,13)40-47(16,17)37-41(5)36-46(14,15)39-43(8,9)25-21-19-23-35-31(33)29(3)4/h41H,1,3,18-27H2,2,4-17H3. The Balaban J connectivity index is 4.80. The lowest BCUT2D eigenvalue weighted by molar-refractivity contribution is -0.139. The highest BCUT2D eigenvalue weighted by atomic mass is 28.5. The van der Waals surface area contributed by atoms with Gasteiger partial charge in [0.05, 0.1) is 13.2 Å². The van der Waals surface area contributed by atoms with Crippen LogP contribution in [0.2, 0.25) is 109 Å².